The minimum atomic E-state index is 0.675. The van der Waals surface area contributed by atoms with Crippen molar-refractivity contribution >= 4 is 5.69 Å². The fourth-order valence-electron chi connectivity index (χ4n) is 1.65. The standard InChI is InChI=1S/C13H14N4/c1-2-17-13(7-8-16-17)10-15-12-5-3-11(9-14)4-6-12/h3-8,15H,2,10H2,1H3. The Kier molecular flexibility index (Phi) is 3.41. The summed E-state index contributed by atoms with van der Waals surface area (Å²) in [5.41, 5.74) is 2.83. The first-order chi connectivity index (χ1) is 8.33. The number of anilines is 1. The number of hydrogen-bond donors (Lipinski definition) is 1. The second-order valence-electron chi connectivity index (χ2n) is 3.68. The van der Waals surface area contributed by atoms with E-state index in [1.165, 1.54) is 0 Å². The summed E-state index contributed by atoms with van der Waals surface area (Å²) in [5.74, 6) is 0. The molecule has 1 aromatic carbocycles. The number of hydrogen-bond acceptors (Lipinski definition) is 3. The highest BCUT2D eigenvalue weighted by Crippen LogP contribution is 2.10. The van der Waals surface area contributed by atoms with E-state index in [1.807, 2.05) is 22.9 Å². The van der Waals surface area contributed by atoms with Gasteiger partial charge in [-0.25, -0.2) is 0 Å². The molecule has 0 radical (unpaired) electrons. The van der Waals surface area contributed by atoms with Gasteiger partial charge >= 0.3 is 0 Å². The van der Waals surface area contributed by atoms with Crippen molar-refractivity contribution < 1.29 is 0 Å². The van der Waals surface area contributed by atoms with Gasteiger partial charge in [-0.1, -0.05) is 0 Å². The van der Waals surface area contributed by atoms with Crippen molar-refractivity contribution in [2.75, 3.05) is 5.32 Å². The normalized spacial score (nSPS) is 9.88. The molecule has 0 spiro atoms. The number of aryl methyl sites for hydroxylation is 1. The Balaban J connectivity index is 2.00. The van der Waals surface area contributed by atoms with E-state index in [9.17, 15) is 0 Å². The topological polar surface area (TPSA) is 53.6 Å². The first-order valence-electron chi connectivity index (χ1n) is 5.58. The minimum absolute atomic E-state index is 0.675. The molecule has 0 aliphatic heterocycles. The van der Waals surface area contributed by atoms with Crippen LogP contribution in [0.25, 0.3) is 0 Å². The molecule has 0 amide bonds. The Morgan fingerprint density at radius 3 is 2.71 bits per heavy atom. The largest absolute Gasteiger partial charge is 0.379 e. The van der Waals surface area contributed by atoms with Crippen molar-refractivity contribution in [1.82, 2.24) is 9.78 Å². The molecule has 4 nitrogen and oxygen atoms in total. The SMILES string of the molecule is CCn1nccc1CNc1ccc(C#N)cc1. The number of nitrogens with one attached hydrogen (secondary N) is 1. The van der Waals surface area contributed by atoms with Crippen molar-refractivity contribution in [3.8, 4) is 6.07 Å². The molecule has 0 bridgehead atoms. The van der Waals surface area contributed by atoms with Crippen LogP contribution in [0.1, 0.15) is 18.2 Å². The van der Waals surface area contributed by atoms with E-state index >= 15 is 0 Å². The summed E-state index contributed by atoms with van der Waals surface area (Å²) in [6.07, 6.45) is 1.80. The van der Waals surface area contributed by atoms with Gasteiger partial charge in [-0.2, -0.15) is 10.4 Å². The highest BCUT2D eigenvalue weighted by Gasteiger charge is 2.00. The third kappa shape index (κ3) is 2.64. The Morgan fingerprint density at radius 1 is 1.29 bits per heavy atom. The smallest absolute Gasteiger partial charge is 0.0991 e. The number of benzene rings is 1. The van der Waals surface area contributed by atoms with Crippen LogP contribution in [0.4, 0.5) is 5.69 Å². The van der Waals surface area contributed by atoms with E-state index in [1.54, 1.807) is 18.3 Å². The maximum atomic E-state index is 8.69. The summed E-state index contributed by atoms with van der Waals surface area (Å²) in [6.45, 7) is 3.68. The summed E-state index contributed by atoms with van der Waals surface area (Å²) in [5, 5.41) is 16.2. The van der Waals surface area contributed by atoms with Crippen LogP contribution in [0.2, 0.25) is 0 Å². The third-order valence-corrected chi connectivity index (χ3v) is 2.59. The van der Waals surface area contributed by atoms with Gasteiger partial charge < -0.3 is 5.32 Å². The zero-order valence-corrected chi connectivity index (χ0v) is 9.72. The lowest BCUT2D eigenvalue weighted by Gasteiger charge is -2.07. The molecule has 17 heavy (non-hydrogen) atoms. The Morgan fingerprint density at radius 2 is 2.06 bits per heavy atom. The van der Waals surface area contributed by atoms with Gasteiger partial charge in [-0.05, 0) is 37.3 Å². The van der Waals surface area contributed by atoms with E-state index in [2.05, 4.69) is 23.4 Å². The molecule has 2 aromatic rings. The predicted octanol–water partition coefficient (Wildman–Crippen LogP) is 2.39. The third-order valence-electron chi connectivity index (χ3n) is 2.59. The van der Waals surface area contributed by atoms with Crippen LogP contribution >= 0.6 is 0 Å². The van der Waals surface area contributed by atoms with Crippen molar-refractivity contribution in [2.24, 2.45) is 0 Å². The van der Waals surface area contributed by atoms with Gasteiger partial charge in [0.15, 0.2) is 0 Å². The summed E-state index contributed by atoms with van der Waals surface area (Å²) in [7, 11) is 0. The minimum Gasteiger partial charge on any atom is -0.379 e. The molecular formula is C13H14N4. The molecule has 0 saturated carbocycles. The lowest BCUT2D eigenvalue weighted by molar-refractivity contribution is 0.627. The van der Waals surface area contributed by atoms with Gasteiger partial charge in [0.05, 0.1) is 23.9 Å². The fraction of sp³-hybridized carbons (Fsp3) is 0.231. The van der Waals surface area contributed by atoms with Crippen molar-refractivity contribution in [1.29, 1.82) is 5.26 Å². The molecule has 0 unspecified atom stereocenters. The van der Waals surface area contributed by atoms with Crippen molar-refractivity contribution in [2.45, 2.75) is 20.0 Å². The van der Waals surface area contributed by atoms with E-state index in [0.29, 0.717) is 5.56 Å². The Hall–Kier alpha value is -2.28. The quantitative estimate of drug-likeness (QED) is 0.870. The predicted molar refractivity (Wildman–Crippen MR) is 66.4 cm³/mol. The Bertz CT molecular complexity index is 519. The van der Waals surface area contributed by atoms with Crippen LogP contribution in [0.15, 0.2) is 36.5 Å². The second-order valence-corrected chi connectivity index (χ2v) is 3.68. The number of nitrogens with zero attached hydrogens (tertiary/aromatic N) is 3. The first-order valence-corrected chi connectivity index (χ1v) is 5.58. The summed E-state index contributed by atoms with van der Waals surface area (Å²) < 4.78 is 1.96. The maximum Gasteiger partial charge on any atom is 0.0991 e. The van der Waals surface area contributed by atoms with Gasteiger partial charge in [0.1, 0.15) is 0 Å². The van der Waals surface area contributed by atoms with Crippen LogP contribution in [0, 0.1) is 11.3 Å². The van der Waals surface area contributed by atoms with Gasteiger partial charge in [-0.3, -0.25) is 4.68 Å². The van der Waals surface area contributed by atoms with Gasteiger partial charge in [0.25, 0.3) is 0 Å². The molecule has 2 rings (SSSR count). The lowest BCUT2D eigenvalue weighted by atomic mass is 10.2. The highest BCUT2D eigenvalue weighted by atomic mass is 15.3. The monoisotopic (exact) mass is 226 g/mol. The van der Waals surface area contributed by atoms with Gasteiger partial charge in [0, 0.05) is 18.4 Å². The molecule has 1 N–H and O–H groups in total. The van der Waals surface area contributed by atoms with Gasteiger partial charge in [0.2, 0.25) is 0 Å². The zero-order valence-electron chi connectivity index (χ0n) is 9.72. The molecular weight excluding hydrogens is 212 g/mol. The number of aromatic nitrogens is 2. The van der Waals surface area contributed by atoms with Crippen LogP contribution in [0.5, 0.6) is 0 Å². The molecule has 1 aromatic heterocycles. The van der Waals surface area contributed by atoms with Crippen LogP contribution < -0.4 is 5.32 Å². The lowest BCUT2D eigenvalue weighted by Crippen LogP contribution is -2.07. The Labute approximate surface area is 100 Å². The molecule has 0 aliphatic rings. The summed E-state index contributed by atoms with van der Waals surface area (Å²) in [6, 6.07) is 11.5. The second kappa shape index (κ2) is 5.17. The molecule has 0 atom stereocenters. The average molecular weight is 226 g/mol. The molecule has 4 heteroatoms. The first kappa shape index (κ1) is 11.2. The van der Waals surface area contributed by atoms with E-state index in [0.717, 1.165) is 24.5 Å². The molecule has 1 heterocycles. The summed E-state index contributed by atoms with van der Waals surface area (Å²) in [4.78, 5) is 0. The van der Waals surface area contributed by atoms with Gasteiger partial charge in [-0.15, -0.1) is 0 Å². The summed E-state index contributed by atoms with van der Waals surface area (Å²) >= 11 is 0. The number of nitriles is 1. The van der Waals surface area contributed by atoms with Crippen LogP contribution in [0.3, 0.4) is 0 Å². The van der Waals surface area contributed by atoms with Crippen LogP contribution in [-0.2, 0) is 13.1 Å². The van der Waals surface area contributed by atoms with Crippen LogP contribution in [-0.4, -0.2) is 9.78 Å². The molecule has 0 saturated heterocycles. The van der Waals surface area contributed by atoms with Crippen molar-refractivity contribution in [3.05, 3.63) is 47.8 Å². The zero-order chi connectivity index (χ0) is 12.1. The number of rotatable bonds is 4. The van der Waals surface area contributed by atoms with E-state index < -0.39 is 0 Å². The van der Waals surface area contributed by atoms with E-state index in [-0.39, 0.29) is 0 Å². The maximum absolute atomic E-state index is 8.69. The molecule has 0 aliphatic carbocycles. The highest BCUT2D eigenvalue weighted by molar-refractivity contribution is 5.47. The molecule has 86 valence electrons. The van der Waals surface area contributed by atoms with E-state index in [4.69, 9.17) is 5.26 Å². The average Bonchev–Trinajstić information content (AvgIpc) is 2.84. The molecule has 0 fully saturated rings. The fourth-order valence-corrected chi connectivity index (χ4v) is 1.65. The van der Waals surface area contributed by atoms with Crippen molar-refractivity contribution in [3.63, 3.8) is 0 Å².